The maximum atomic E-state index is 12.4. The first-order valence-corrected chi connectivity index (χ1v) is 25.6. The van der Waals surface area contributed by atoms with Crippen LogP contribution >= 0.6 is 0 Å². The second-order valence-corrected chi connectivity index (χ2v) is 18.5. The van der Waals surface area contributed by atoms with Gasteiger partial charge in [0.15, 0.2) is 11.6 Å². The number of ketones is 2. The maximum Gasteiger partial charge on any atom is 0.189 e. The molecule has 6 rings (SSSR count). The summed E-state index contributed by atoms with van der Waals surface area (Å²) in [7, 11) is 0. The van der Waals surface area contributed by atoms with Gasteiger partial charge in [-0.15, -0.1) is 0 Å². The van der Waals surface area contributed by atoms with Gasteiger partial charge in [0.1, 0.15) is 11.5 Å². The molecule has 0 amide bonds. The predicted octanol–water partition coefficient (Wildman–Crippen LogP) is 18.3. The molecular weight excluding hydrogens is 896 g/mol. The van der Waals surface area contributed by atoms with Crippen LogP contribution in [0.1, 0.15) is 171 Å². The minimum absolute atomic E-state index is 0. The van der Waals surface area contributed by atoms with E-state index in [1.54, 1.807) is 24.3 Å². The van der Waals surface area contributed by atoms with Gasteiger partial charge >= 0.3 is 0 Å². The van der Waals surface area contributed by atoms with Gasteiger partial charge in [-0.2, -0.15) is 0 Å². The predicted molar refractivity (Wildman–Crippen MR) is 289 cm³/mol. The number of benzene rings is 6. The Hall–Kier alpha value is -5.74. The van der Waals surface area contributed by atoms with Gasteiger partial charge in [0.05, 0.1) is 0 Å². The van der Waals surface area contributed by atoms with Gasteiger partial charge in [0.25, 0.3) is 0 Å². The molecule has 0 aromatic heterocycles. The monoisotopic (exact) mass is 972 g/mol. The van der Waals surface area contributed by atoms with Crippen LogP contribution in [0.3, 0.4) is 0 Å². The number of aliphatic hydroxyl groups excluding tert-OH is 2. The molecule has 4 nitrogen and oxygen atoms in total. The second kappa shape index (κ2) is 31.4. The van der Waals surface area contributed by atoms with Crippen molar-refractivity contribution in [2.75, 3.05) is 0 Å². The molecule has 1 radical (unpaired) electrons. The molecule has 69 heavy (non-hydrogen) atoms. The van der Waals surface area contributed by atoms with E-state index in [9.17, 15) is 19.8 Å². The number of hydrogen-bond donors (Lipinski definition) is 2. The summed E-state index contributed by atoms with van der Waals surface area (Å²) in [6.07, 6.45) is 26.4. The molecule has 0 atom stereocenters. The fourth-order valence-corrected chi connectivity index (χ4v) is 8.34. The second-order valence-electron chi connectivity index (χ2n) is 18.5. The van der Waals surface area contributed by atoms with Crippen LogP contribution in [0.2, 0.25) is 0 Å². The van der Waals surface area contributed by atoms with E-state index in [4.69, 9.17) is 0 Å². The summed E-state index contributed by atoms with van der Waals surface area (Å²) in [5.41, 5.74) is 11.9. The largest absolute Gasteiger partial charge is 0.507 e. The Labute approximate surface area is 425 Å². The van der Waals surface area contributed by atoms with Crippen molar-refractivity contribution < 1.29 is 36.9 Å². The van der Waals surface area contributed by atoms with E-state index >= 15 is 0 Å². The van der Waals surface area contributed by atoms with E-state index in [1.165, 1.54) is 126 Å². The zero-order valence-corrected chi connectivity index (χ0v) is 42.7. The molecule has 6 aromatic carbocycles. The Morgan fingerprint density at radius 3 is 0.884 bits per heavy atom. The number of carbonyl (C=O) groups excluding carboxylic acids is 2. The van der Waals surface area contributed by atoms with Crippen LogP contribution in [0.15, 0.2) is 158 Å². The van der Waals surface area contributed by atoms with E-state index in [2.05, 4.69) is 62.4 Å². The summed E-state index contributed by atoms with van der Waals surface area (Å²) in [6, 6.07) is 47.7. The van der Waals surface area contributed by atoms with Crippen LogP contribution in [-0.2, 0) is 29.9 Å². The molecular formula is C64H76CuO4. The third kappa shape index (κ3) is 20.0. The van der Waals surface area contributed by atoms with E-state index < -0.39 is 0 Å². The van der Waals surface area contributed by atoms with Gasteiger partial charge in [-0.3, -0.25) is 9.59 Å². The Balaban J connectivity index is 0.000000296. The molecule has 5 heteroatoms. The maximum absolute atomic E-state index is 12.4. The molecule has 0 unspecified atom stereocenters. The summed E-state index contributed by atoms with van der Waals surface area (Å²) >= 11 is 0. The van der Waals surface area contributed by atoms with Crippen LogP contribution in [0, 0.1) is 13.8 Å². The summed E-state index contributed by atoms with van der Waals surface area (Å²) in [5.74, 6) is -0.432. The van der Waals surface area contributed by atoms with Crippen molar-refractivity contribution in [3.05, 3.63) is 202 Å². The molecule has 0 heterocycles. The van der Waals surface area contributed by atoms with E-state index in [1.807, 2.05) is 86.6 Å². The molecule has 0 aliphatic heterocycles. The van der Waals surface area contributed by atoms with Gasteiger partial charge < -0.3 is 10.2 Å². The smallest absolute Gasteiger partial charge is 0.189 e. The fraction of sp³-hybridized carbons (Fsp3) is 0.344. The number of aryl methyl sites for hydroxylation is 4. The van der Waals surface area contributed by atoms with Crippen molar-refractivity contribution >= 4 is 23.1 Å². The minimum Gasteiger partial charge on any atom is -0.507 e. The molecule has 0 saturated heterocycles. The first-order chi connectivity index (χ1) is 33.1. The number of hydrogen-bond acceptors (Lipinski definition) is 4. The van der Waals surface area contributed by atoms with E-state index in [-0.39, 0.29) is 40.2 Å². The van der Waals surface area contributed by atoms with Crippen molar-refractivity contribution in [1.29, 1.82) is 0 Å². The van der Waals surface area contributed by atoms with Gasteiger partial charge in [0, 0.05) is 51.5 Å². The average Bonchev–Trinajstić information content (AvgIpc) is 3.36. The molecule has 0 spiro atoms. The standard InChI is InChI=1S/2C32H38O2.Cu/c2*1-3-4-5-6-7-8-9-10-11-26-14-18-27(19-15-26)28-20-22-30(23-21-28)32(34)24-31(33)29-16-12-25(2)13-17-29;/h2*12-24,34H,3-11H2,1-2H3;. The Morgan fingerprint density at radius 2 is 0.594 bits per heavy atom. The Morgan fingerprint density at radius 1 is 0.348 bits per heavy atom. The third-order valence-corrected chi connectivity index (χ3v) is 12.8. The zero-order chi connectivity index (χ0) is 48.4. The van der Waals surface area contributed by atoms with Crippen LogP contribution in [-0.4, -0.2) is 21.8 Å². The summed E-state index contributed by atoms with van der Waals surface area (Å²) in [4.78, 5) is 24.8. The first kappa shape index (κ1) is 55.9. The van der Waals surface area contributed by atoms with Crippen molar-refractivity contribution in [2.24, 2.45) is 0 Å². The van der Waals surface area contributed by atoms with Gasteiger partial charge in [-0.1, -0.05) is 260 Å². The Kier molecular flexibility index (Phi) is 25.4. The first-order valence-electron chi connectivity index (χ1n) is 25.6. The topological polar surface area (TPSA) is 74.6 Å². The van der Waals surface area contributed by atoms with Gasteiger partial charge in [-0.25, -0.2) is 0 Å². The van der Waals surface area contributed by atoms with E-state index in [0.29, 0.717) is 22.3 Å². The number of aliphatic hydroxyl groups is 2. The number of unbranched alkanes of at least 4 members (excludes halogenated alkanes) is 14. The van der Waals surface area contributed by atoms with Crippen LogP contribution in [0.5, 0.6) is 0 Å². The third-order valence-electron chi connectivity index (χ3n) is 12.8. The Bertz CT molecular complexity index is 2270. The molecule has 0 fully saturated rings. The van der Waals surface area contributed by atoms with Gasteiger partial charge in [-0.05, 0) is 72.9 Å². The SMILES string of the molecule is CCCCCCCCCCc1ccc(-c2ccc(C(O)=CC(=O)c3ccc(C)cc3)cc2)cc1.CCCCCCCCCCc1ccc(-c2ccc(C(O)=CC(=O)c3ccc(C)cc3)cc2)cc1.[Cu]. The van der Waals surface area contributed by atoms with Crippen molar-refractivity contribution in [3.8, 4) is 22.3 Å². The summed E-state index contributed by atoms with van der Waals surface area (Å²) < 4.78 is 0. The van der Waals surface area contributed by atoms with E-state index in [0.717, 1.165) is 46.2 Å². The minimum atomic E-state index is -0.200. The molecule has 6 aromatic rings. The van der Waals surface area contributed by atoms with Crippen molar-refractivity contribution in [1.82, 2.24) is 0 Å². The fourth-order valence-electron chi connectivity index (χ4n) is 8.34. The molecule has 0 saturated carbocycles. The van der Waals surface area contributed by atoms with Gasteiger partial charge in [0.2, 0.25) is 0 Å². The zero-order valence-electron chi connectivity index (χ0n) is 41.8. The number of rotatable bonds is 26. The van der Waals surface area contributed by atoms with Crippen LogP contribution in [0.25, 0.3) is 33.8 Å². The van der Waals surface area contributed by atoms with Crippen molar-refractivity contribution in [3.63, 3.8) is 0 Å². The quantitative estimate of drug-likeness (QED) is 0.0187. The van der Waals surface area contributed by atoms with Crippen LogP contribution in [0.4, 0.5) is 0 Å². The summed E-state index contributed by atoms with van der Waals surface area (Å²) in [5, 5.41) is 20.8. The average molecular weight is 973 g/mol. The molecule has 0 aliphatic rings. The summed E-state index contributed by atoms with van der Waals surface area (Å²) in [6.45, 7) is 8.49. The normalized spacial score (nSPS) is 11.4. The van der Waals surface area contributed by atoms with Crippen LogP contribution < -0.4 is 0 Å². The number of carbonyl (C=O) groups is 2. The molecule has 2 N–H and O–H groups in total. The molecule has 0 bridgehead atoms. The molecule has 367 valence electrons. The van der Waals surface area contributed by atoms with Crippen molar-refractivity contribution in [2.45, 2.75) is 143 Å². The number of allylic oxidation sites excluding steroid dienone is 2. The molecule has 0 aliphatic carbocycles.